The number of rotatable bonds is 5. The van der Waals surface area contributed by atoms with Gasteiger partial charge in [0.25, 0.3) is 5.91 Å². The summed E-state index contributed by atoms with van der Waals surface area (Å²) in [4.78, 5) is 14.7. The lowest BCUT2D eigenvalue weighted by molar-refractivity contribution is -0.926. The van der Waals surface area contributed by atoms with Gasteiger partial charge in [0.1, 0.15) is 23.6 Å². The standard InChI is InChI=1S/C24H26N4O3/c1-17-21-5-3-11-26(21)12-13-27(17)16-24(29)28-22(23-6-4-14-31-23)15-20(25-28)18-7-9-19(30-2)10-8-18/h3-11,14,17,22H,12-13,15-16H2,1-2H3/p+1/t17-,22+/m1/s1. The van der Waals surface area contributed by atoms with Gasteiger partial charge in [0, 0.05) is 12.6 Å². The van der Waals surface area contributed by atoms with E-state index in [1.807, 2.05) is 36.4 Å². The van der Waals surface area contributed by atoms with Crippen LogP contribution in [0.25, 0.3) is 0 Å². The average molecular weight is 420 g/mol. The Morgan fingerprint density at radius 2 is 2.06 bits per heavy atom. The topological polar surface area (TPSA) is 64.4 Å². The van der Waals surface area contributed by atoms with Gasteiger partial charge in [0.05, 0.1) is 37.9 Å². The number of nitrogens with zero attached hydrogens (tertiary/aromatic N) is 3. The largest absolute Gasteiger partial charge is 0.497 e. The number of methoxy groups -OCH3 is 1. The van der Waals surface area contributed by atoms with Gasteiger partial charge in [0.15, 0.2) is 6.54 Å². The highest BCUT2D eigenvalue weighted by Gasteiger charge is 2.38. The maximum Gasteiger partial charge on any atom is 0.298 e. The van der Waals surface area contributed by atoms with Crippen LogP contribution in [-0.4, -0.2) is 41.4 Å². The van der Waals surface area contributed by atoms with Crippen molar-refractivity contribution < 1.29 is 18.8 Å². The van der Waals surface area contributed by atoms with Crippen molar-refractivity contribution in [1.82, 2.24) is 9.58 Å². The number of amides is 1. The molecule has 1 N–H and O–H groups in total. The normalized spacial score (nSPS) is 22.8. The Balaban J connectivity index is 1.38. The first-order valence-electron chi connectivity index (χ1n) is 10.7. The molecule has 31 heavy (non-hydrogen) atoms. The highest BCUT2D eigenvalue weighted by molar-refractivity contribution is 6.03. The second-order valence-corrected chi connectivity index (χ2v) is 8.18. The summed E-state index contributed by atoms with van der Waals surface area (Å²) in [5.41, 5.74) is 3.15. The van der Waals surface area contributed by atoms with Crippen LogP contribution >= 0.6 is 0 Å². The summed E-state index contributed by atoms with van der Waals surface area (Å²) in [5, 5.41) is 6.39. The molecule has 7 nitrogen and oxygen atoms in total. The van der Waals surface area contributed by atoms with E-state index >= 15 is 0 Å². The van der Waals surface area contributed by atoms with Crippen molar-refractivity contribution in [1.29, 1.82) is 0 Å². The Morgan fingerprint density at radius 3 is 2.81 bits per heavy atom. The molecule has 1 amide bonds. The molecule has 160 valence electrons. The number of carbonyl (C=O) groups excluding carboxylic acids is 1. The molecule has 0 bridgehead atoms. The van der Waals surface area contributed by atoms with Crippen LogP contribution in [0.3, 0.4) is 0 Å². The Kier molecular flexibility index (Phi) is 5.11. The third-order valence-electron chi connectivity index (χ3n) is 6.43. The van der Waals surface area contributed by atoms with Crippen molar-refractivity contribution >= 4 is 11.6 Å². The molecule has 1 aromatic carbocycles. The predicted octanol–water partition coefficient (Wildman–Crippen LogP) is 2.43. The summed E-state index contributed by atoms with van der Waals surface area (Å²) in [5.74, 6) is 1.58. The van der Waals surface area contributed by atoms with Gasteiger partial charge in [0.2, 0.25) is 0 Å². The molecule has 0 radical (unpaired) electrons. The third kappa shape index (κ3) is 3.65. The van der Waals surface area contributed by atoms with Gasteiger partial charge in [-0.3, -0.25) is 4.79 Å². The summed E-state index contributed by atoms with van der Waals surface area (Å²) in [6.07, 6.45) is 4.39. The molecule has 1 unspecified atom stereocenters. The number of furan rings is 1. The monoisotopic (exact) mass is 419 g/mol. The maximum absolute atomic E-state index is 13.4. The fourth-order valence-electron chi connectivity index (χ4n) is 4.63. The van der Waals surface area contributed by atoms with Gasteiger partial charge in [-0.25, -0.2) is 5.01 Å². The van der Waals surface area contributed by atoms with Crippen LogP contribution in [0.2, 0.25) is 0 Å². The summed E-state index contributed by atoms with van der Waals surface area (Å²) < 4.78 is 13.2. The Hall–Kier alpha value is -3.32. The molecule has 0 saturated heterocycles. The molecule has 3 aromatic rings. The fourth-order valence-corrected chi connectivity index (χ4v) is 4.63. The van der Waals surface area contributed by atoms with E-state index in [1.165, 1.54) is 10.6 Å². The molecular formula is C24H27N4O3+. The minimum absolute atomic E-state index is 0.0202. The zero-order chi connectivity index (χ0) is 21.4. The van der Waals surface area contributed by atoms with Crippen molar-refractivity contribution in [2.45, 2.75) is 32.0 Å². The number of fused-ring (bicyclic) bond motifs is 1. The molecule has 7 heteroatoms. The lowest BCUT2D eigenvalue weighted by atomic mass is 10.0. The summed E-state index contributed by atoms with van der Waals surface area (Å²) in [6, 6.07) is 15.8. The lowest BCUT2D eigenvalue weighted by Gasteiger charge is -2.32. The molecule has 2 aliphatic heterocycles. The van der Waals surface area contributed by atoms with E-state index in [0.29, 0.717) is 13.0 Å². The van der Waals surface area contributed by atoms with Gasteiger partial charge in [-0.1, -0.05) is 0 Å². The minimum Gasteiger partial charge on any atom is -0.497 e. The Bertz CT molecular complexity index is 1080. The van der Waals surface area contributed by atoms with Crippen LogP contribution in [-0.2, 0) is 11.3 Å². The van der Waals surface area contributed by atoms with Gasteiger partial charge < -0.3 is 18.6 Å². The quantitative estimate of drug-likeness (QED) is 0.691. The van der Waals surface area contributed by atoms with E-state index in [-0.39, 0.29) is 18.0 Å². The van der Waals surface area contributed by atoms with Crippen LogP contribution in [0.5, 0.6) is 5.75 Å². The zero-order valence-electron chi connectivity index (χ0n) is 17.8. The molecular weight excluding hydrogens is 392 g/mol. The van der Waals surface area contributed by atoms with Crippen molar-refractivity contribution in [3.05, 3.63) is 78.0 Å². The Morgan fingerprint density at radius 1 is 1.23 bits per heavy atom. The molecule has 0 aliphatic carbocycles. The van der Waals surface area contributed by atoms with Crippen LogP contribution in [0.15, 0.2) is 70.5 Å². The highest BCUT2D eigenvalue weighted by atomic mass is 16.5. The van der Waals surface area contributed by atoms with E-state index in [4.69, 9.17) is 14.3 Å². The fraction of sp³-hybridized carbons (Fsp3) is 0.333. The zero-order valence-corrected chi connectivity index (χ0v) is 17.8. The number of benzene rings is 1. The first-order valence-corrected chi connectivity index (χ1v) is 10.7. The number of carbonyl (C=O) groups is 1. The van der Waals surface area contributed by atoms with Crippen molar-refractivity contribution in [3.8, 4) is 5.75 Å². The van der Waals surface area contributed by atoms with Crippen LogP contribution < -0.4 is 9.64 Å². The number of nitrogens with one attached hydrogen (secondary N) is 1. The summed E-state index contributed by atoms with van der Waals surface area (Å²) in [7, 11) is 1.65. The van der Waals surface area contributed by atoms with Crippen molar-refractivity contribution in [2.75, 3.05) is 20.2 Å². The molecule has 5 rings (SSSR count). The van der Waals surface area contributed by atoms with E-state index in [9.17, 15) is 4.79 Å². The molecule has 0 fully saturated rings. The van der Waals surface area contributed by atoms with Gasteiger partial charge in [-0.15, -0.1) is 0 Å². The van der Waals surface area contributed by atoms with E-state index in [0.717, 1.165) is 35.9 Å². The second-order valence-electron chi connectivity index (χ2n) is 8.18. The van der Waals surface area contributed by atoms with Crippen LogP contribution in [0.4, 0.5) is 0 Å². The molecule has 2 aliphatic rings. The number of aromatic nitrogens is 1. The van der Waals surface area contributed by atoms with Crippen molar-refractivity contribution in [3.63, 3.8) is 0 Å². The average Bonchev–Trinajstić information content (AvgIpc) is 3.55. The van der Waals surface area contributed by atoms with Gasteiger partial charge in [-0.05, 0) is 61.0 Å². The van der Waals surface area contributed by atoms with Crippen molar-refractivity contribution in [2.24, 2.45) is 5.10 Å². The molecule has 3 atom stereocenters. The van der Waals surface area contributed by atoms with Crippen LogP contribution in [0, 0.1) is 0 Å². The second kappa shape index (κ2) is 8.07. The third-order valence-corrected chi connectivity index (χ3v) is 6.43. The summed E-state index contributed by atoms with van der Waals surface area (Å²) >= 11 is 0. The van der Waals surface area contributed by atoms with Gasteiger partial charge >= 0.3 is 0 Å². The highest BCUT2D eigenvalue weighted by Crippen LogP contribution is 2.33. The molecule has 4 heterocycles. The Labute approximate surface area is 181 Å². The molecule has 0 spiro atoms. The number of hydrogen-bond donors (Lipinski definition) is 1. The maximum atomic E-state index is 13.4. The predicted molar refractivity (Wildman–Crippen MR) is 116 cm³/mol. The SMILES string of the molecule is COc1ccc(C2=NN(C(=O)C[NH+]3CCn4cccc4[C@H]3C)[C@H](c3ccco3)C2)cc1. The number of hydrogen-bond acceptors (Lipinski definition) is 4. The van der Waals surface area contributed by atoms with E-state index in [1.54, 1.807) is 18.4 Å². The molecule has 2 aromatic heterocycles. The first-order chi connectivity index (χ1) is 15.1. The van der Waals surface area contributed by atoms with E-state index < -0.39 is 0 Å². The number of ether oxygens (including phenoxy) is 1. The lowest BCUT2D eigenvalue weighted by Crippen LogP contribution is -3.14. The van der Waals surface area contributed by atoms with Gasteiger partial charge in [-0.2, -0.15) is 5.10 Å². The van der Waals surface area contributed by atoms with Crippen LogP contribution in [0.1, 0.15) is 42.4 Å². The number of hydrazone groups is 1. The minimum atomic E-state index is -0.219. The number of quaternary nitrogens is 1. The summed E-state index contributed by atoms with van der Waals surface area (Å²) in [6.45, 7) is 4.44. The smallest absolute Gasteiger partial charge is 0.298 e. The van der Waals surface area contributed by atoms with E-state index in [2.05, 4.69) is 29.8 Å². The first kappa shape index (κ1) is 19.6. The molecule has 0 saturated carbocycles.